The number of nitrogens with zero attached hydrogens (tertiary/aromatic N) is 2. The van der Waals surface area contributed by atoms with Crippen molar-refractivity contribution in [3.63, 3.8) is 0 Å². The largest absolute Gasteiger partial charge is 0.456 e. The van der Waals surface area contributed by atoms with E-state index in [1.807, 2.05) is 18.3 Å². The number of aromatic nitrogens is 2. The Morgan fingerprint density at radius 3 is 2.35 bits per heavy atom. The molecule has 3 nitrogen and oxygen atoms in total. The van der Waals surface area contributed by atoms with Crippen LogP contribution in [0, 0.1) is 0 Å². The summed E-state index contributed by atoms with van der Waals surface area (Å²) in [6.45, 7) is 9.87. The summed E-state index contributed by atoms with van der Waals surface area (Å²) in [4.78, 5) is 4.67. The van der Waals surface area contributed by atoms with Gasteiger partial charge in [0, 0.05) is 40.8 Å². The van der Waals surface area contributed by atoms with Crippen molar-refractivity contribution >= 4 is 21.9 Å². The molecule has 2 heterocycles. The number of hydrogen-bond donors (Lipinski definition) is 0. The van der Waals surface area contributed by atoms with Crippen LogP contribution in [0.15, 0.2) is 77.5 Å². The average Bonchev–Trinajstić information content (AvgIpc) is 3.37. The molecule has 31 heavy (non-hydrogen) atoms. The van der Waals surface area contributed by atoms with Crippen molar-refractivity contribution in [2.45, 2.75) is 46.1 Å². The first kappa shape index (κ1) is 19.6. The van der Waals surface area contributed by atoms with Gasteiger partial charge in [-0.2, -0.15) is 0 Å². The smallest absolute Gasteiger partial charge is 0.140 e. The van der Waals surface area contributed by atoms with E-state index < -0.39 is 0 Å². The third-order valence-electron chi connectivity index (χ3n) is 6.13. The lowest BCUT2D eigenvalue weighted by molar-refractivity contribution is 0.649. The number of para-hydroxylation sites is 1. The average molecular weight is 409 g/mol. The summed E-state index contributed by atoms with van der Waals surface area (Å²) < 4.78 is 8.69. The fraction of sp³-hybridized carbons (Fsp3) is 0.250. The summed E-state index contributed by atoms with van der Waals surface area (Å²) in [5.74, 6) is 1.75. The van der Waals surface area contributed by atoms with Gasteiger partial charge in [0.15, 0.2) is 0 Å². The van der Waals surface area contributed by atoms with E-state index in [4.69, 9.17) is 4.42 Å². The Morgan fingerprint density at radius 2 is 1.61 bits per heavy atom. The molecule has 0 aliphatic carbocycles. The number of imidazole rings is 1. The van der Waals surface area contributed by atoms with Crippen LogP contribution in [0.1, 0.15) is 56.2 Å². The highest BCUT2D eigenvalue weighted by atomic mass is 16.3. The summed E-state index contributed by atoms with van der Waals surface area (Å²) in [5.41, 5.74) is 7.16. The van der Waals surface area contributed by atoms with Crippen molar-refractivity contribution < 1.29 is 4.42 Å². The lowest BCUT2D eigenvalue weighted by Crippen LogP contribution is -2.10. The molecule has 3 heteroatoms. The van der Waals surface area contributed by atoms with Crippen LogP contribution in [0.2, 0.25) is 0 Å². The fourth-order valence-electron chi connectivity index (χ4n) is 4.70. The molecule has 0 N–H and O–H groups in total. The molecule has 0 radical (unpaired) electrons. The molecule has 5 aromatic rings. The fourth-order valence-corrected chi connectivity index (χ4v) is 4.70. The van der Waals surface area contributed by atoms with Crippen LogP contribution in [-0.4, -0.2) is 9.55 Å². The maximum Gasteiger partial charge on any atom is 0.140 e. The van der Waals surface area contributed by atoms with Gasteiger partial charge in [-0.15, -0.1) is 0 Å². The SMILES string of the molecule is CC(C)c1cc2c(oc3ccccc32)c(C(C)C)c1Cn1ccnc1-c1ccccc1. The summed E-state index contributed by atoms with van der Waals surface area (Å²) in [7, 11) is 0. The Morgan fingerprint density at radius 1 is 0.871 bits per heavy atom. The van der Waals surface area contributed by atoms with Crippen molar-refractivity contribution in [3.8, 4) is 11.4 Å². The third-order valence-corrected chi connectivity index (χ3v) is 6.13. The second kappa shape index (κ2) is 7.73. The molecule has 156 valence electrons. The van der Waals surface area contributed by atoms with Crippen LogP contribution in [0.25, 0.3) is 33.3 Å². The van der Waals surface area contributed by atoms with E-state index in [2.05, 4.69) is 92.0 Å². The third kappa shape index (κ3) is 3.34. The van der Waals surface area contributed by atoms with Crippen LogP contribution in [0.4, 0.5) is 0 Å². The monoisotopic (exact) mass is 408 g/mol. The number of furan rings is 1. The minimum absolute atomic E-state index is 0.348. The van der Waals surface area contributed by atoms with E-state index in [9.17, 15) is 0 Å². The quantitative estimate of drug-likeness (QED) is 0.298. The van der Waals surface area contributed by atoms with Crippen molar-refractivity contribution in [2.24, 2.45) is 0 Å². The van der Waals surface area contributed by atoms with Gasteiger partial charge in [0.1, 0.15) is 17.0 Å². The van der Waals surface area contributed by atoms with E-state index in [-0.39, 0.29) is 0 Å². The van der Waals surface area contributed by atoms with Crippen LogP contribution in [-0.2, 0) is 6.54 Å². The van der Waals surface area contributed by atoms with E-state index in [0.29, 0.717) is 11.8 Å². The molecule has 0 saturated carbocycles. The van der Waals surface area contributed by atoms with Crippen LogP contribution in [0.3, 0.4) is 0 Å². The molecule has 0 amide bonds. The second-order valence-corrected chi connectivity index (χ2v) is 8.89. The lowest BCUT2D eigenvalue weighted by Gasteiger charge is -2.21. The number of hydrogen-bond acceptors (Lipinski definition) is 2. The van der Waals surface area contributed by atoms with Gasteiger partial charge in [-0.25, -0.2) is 4.98 Å². The van der Waals surface area contributed by atoms with Gasteiger partial charge in [-0.05, 0) is 35.1 Å². The predicted octanol–water partition coefficient (Wildman–Crippen LogP) is 7.74. The predicted molar refractivity (Wildman–Crippen MR) is 129 cm³/mol. The molecular weight excluding hydrogens is 380 g/mol. The molecule has 0 bridgehead atoms. The minimum atomic E-state index is 0.348. The van der Waals surface area contributed by atoms with Crippen molar-refractivity contribution in [1.82, 2.24) is 9.55 Å². The Bertz CT molecular complexity index is 1360. The van der Waals surface area contributed by atoms with Crippen molar-refractivity contribution in [2.75, 3.05) is 0 Å². The summed E-state index contributed by atoms with van der Waals surface area (Å²) in [5, 5.41) is 2.42. The highest BCUT2D eigenvalue weighted by molar-refractivity contribution is 6.06. The van der Waals surface area contributed by atoms with Gasteiger partial charge in [-0.3, -0.25) is 0 Å². The molecule has 3 aromatic carbocycles. The molecule has 0 saturated heterocycles. The maximum atomic E-state index is 6.43. The molecule has 5 rings (SSSR count). The Hall–Kier alpha value is -3.33. The van der Waals surface area contributed by atoms with Gasteiger partial charge < -0.3 is 8.98 Å². The molecule has 0 fully saturated rings. The standard InChI is InChI=1S/C28H28N2O/c1-18(2)22-16-23-21-12-8-9-13-25(21)31-27(23)26(19(3)4)24(22)17-30-15-14-29-28(30)20-10-6-5-7-11-20/h5-16,18-19H,17H2,1-4H3. The van der Waals surface area contributed by atoms with Gasteiger partial charge in [-0.1, -0.05) is 76.2 Å². The zero-order chi connectivity index (χ0) is 21.5. The zero-order valence-corrected chi connectivity index (χ0v) is 18.6. The Balaban J connectivity index is 1.75. The van der Waals surface area contributed by atoms with E-state index in [0.717, 1.165) is 29.1 Å². The van der Waals surface area contributed by atoms with Crippen LogP contribution < -0.4 is 0 Å². The molecule has 0 aliphatic rings. The normalized spacial score (nSPS) is 11.9. The van der Waals surface area contributed by atoms with Crippen LogP contribution >= 0.6 is 0 Å². The van der Waals surface area contributed by atoms with Crippen molar-refractivity contribution in [3.05, 3.63) is 89.7 Å². The first-order chi connectivity index (χ1) is 15.0. The molecule has 0 aliphatic heterocycles. The summed E-state index contributed by atoms with van der Waals surface area (Å²) >= 11 is 0. The van der Waals surface area contributed by atoms with Gasteiger partial charge in [0.25, 0.3) is 0 Å². The number of rotatable bonds is 5. The van der Waals surface area contributed by atoms with E-state index in [1.165, 1.54) is 27.5 Å². The van der Waals surface area contributed by atoms with E-state index in [1.54, 1.807) is 0 Å². The molecule has 0 unspecified atom stereocenters. The van der Waals surface area contributed by atoms with Crippen LogP contribution in [0.5, 0.6) is 0 Å². The number of fused-ring (bicyclic) bond motifs is 3. The zero-order valence-electron chi connectivity index (χ0n) is 18.6. The topological polar surface area (TPSA) is 31.0 Å². The Kier molecular flexibility index (Phi) is 4.90. The van der Waals surface area contributed by atoms with Gasteiger partial charge >= 0.3 is 0 Å². The van der Waals surface area contributed by atoms with Crippen molar-refractivity contribution in [1.29, 1.82) is 0 Å². The van der Waals surface area contributed by atoms with Gasteiger partial charge in [0.2, 0.25) is 0 Å². The first-order valence-corrected chi connectivity index (χ1v) is 11.1. The molecule has 0 atom stereocenters. The molecule has 2 aromatic heterocycles. The minimum Gasteiger partial charge on any atom is -0.456 e. The Labute approximate surface area is 183 Å². The maximum absolute atomic E-state index is 6.43. The molecule has 0 spiro atoms. The number of benzene rings is 3. The molecular formula is C28H28N2O. The first-order valence-electron chi connectivity index (χ1n) is 11.1. The summed E-state index contributed by atoms with van der Waals surface area (Å²) in [6, 6.07) is 21.1. The summed E-state index contributed by atoms with van der Waals surface area (Å²) in [6.07, 6.45) is 3.98. The van der Waals surface area contributed by atoms with E-state index >= 15 is 0 Å². The van der Waals surface area contributed by atoms with Gasteiger partial charge in [0.05, 0.1) is 0 Å². The lowest BCUT2D eigenvalue weighted by atomic mass is 9.86. The highest BCUT2D eigenvalue weighted by Gasteiger charge is 2.23. The second-order valence-electron chi connectivity index (χ2n) is 8.89. The highest BCUT2D eigenvalue weighted by Crippen LogP contribution is 2.40.